The predicted molar refractivity (Wildman–Crippen MR) is 87.7 cm³/mol. The van der Waals surface area contributed by atoms with E-state index in [1.165, 1.54) is 11.1 Å². The van der Waals surface area contributed by atoms with Crippen molar-refractivity contribution in [1.82, 2.24) is 0 Å². The quantitative estimate of drug-likeness (QED) is 0.837. The molecule has 2 rings (SSSR count). The van der Waals surface area contributed by atoms with Crippen LogP contribution in [-0.4, -0.2) is 4.99 Å². The standard InChI is InChI=1S/C17H19NOS/c1-11(2)16-9-8-15(10-12(16)3)19-14-6-4-13(5-7-14)17(18)20/h4-11H,1-3H3,(H2,18,20). The van der Waals surface area contributed by atoms with E-state index < -0.39 is 0 Å². The van der Waals surface area contributed by atoms with Crippen molar-refractivity contribution in [3.63, 3.8) is 0 Å². The van der Waals surface area contributed by atoms with Crippen molar-refractivity contribution in [1.29, 1.82) is 0 Å². The van der Waals surface area contributed by atoms with E-state index in [-0.39, 0.29) is 0 Å². The van der Waals surface area contributed by atoms with Crippen molar-refractivity contribution < 1.29 is 4.74 Å². The van der Waals surface area contributed by atoms with Gasteiger partial charge < -0.3 is 10.5 Å². The number of hydrogen-bond acceptors (Lipinski definition) is 2. The second-order valence-corrected chi connectivity index (χ2v) is 5.60. The molecular formula is C17H19NOS. The van der Waals surface area contributed by atoms with Gasteiger partial charge in [0.15, 0.2) is 0 Å². The van der Waals surface area contributed by atoms with E-state index >= 15 is 0 Å². The van der Waals surface area contributed by atoms with Crippen molar-refractivity contribution in [3.8, 4) is 11.5 Å². The molecule has 0 spiro atoms. The van der Waals surface area contributed by atoms with Gasteiger partial charge in [0.05, 0.1) is 0 Å². The minimum atomic E-state index is 0.397. The van der Waals surface area contributed by atoms with Crippen LogP contribution in [0.1, 0.15) is 36.5 Å². The number of aryl methyl sites for hydroxylation is 1. The van der Waals surface area contributed by atoms with E-state index in [1.807, 2.05) is 30.3 Å². The van der Waals surface area contributed by atoms with Gasteiger partial charge in [-0.05, 0) is 60.4 Å². The second kappa shape index (κ2) is 6.06. The number of ether oxygens (including phenoxy) is 1. The Kier molecular flexibility index (Phi) is 4.40. The lowest BCUT2D eigenvalue weighted by Gasteiger charge is -2.12. The van der Waals surface area contributed by atoms with Gasteiger partial charge in [-0.2, -0.15) is 0 Å². The molecule has 0 heterocycles. The highest BCUT2D eigenvalue weighted by Crippen LogP contribution is 2.27. The summed E-state index contributed by atoms with van der Waals surface area (Å²) in [5, 5.41) is 0. The van der Waals surface area contributed by atoms with Crippen LogP contribution in [0.2, 0.25) is 0 Å². The summed E-state index contributed by atoms with van der Waals surface area (Å²) < 4.78 is 5.84. The summed E-state index contributed by atoms with van der Waals surface area (Å²) in [5.74, 6) is 2.14. The van der Waals surface area contributed by atoms with Crippen LogP contribution in [-0.2, 0) is 0 Å². The van der Waals surface area contributed by atoms with Crippen LogP contribution < -0.4 is 10.5 Å². The molecule has 3 heteroatoms. The fourth-order valence-corrected chi connectivity index (χ4v) is 2.32. The lowest BCUT2D eigenvalue weighted by atomic mass is 9.98. The summed E-state index contributed by atoms with van der Waals surface area (Å²) in [6.07, 6.45) is 0. The van der Waals surface area contributed by atoms with Crippen LogP contribution in [0.15, 0.2) is 42.5 Å². The Bertz CT molecular complexity index is 617. The van der Waals surface area contributed by atoms with E-state index in [2.05, 4.69) is 32.9 Å². The first kappa shape index (κ1) is 14.5. The zero-order valence-electron chi connectivity index (χ0n) is 12.0. The van der Waals surface area contributed by atoms with Gasteiger partial charge in [-0.1, -0.05) is 32.1 Å². The van der Waals surface area contributed by atoms with Gasteiger partial charge >= 0.3 is 0 Å². The fraction of sp³-hybridized carbons (Fsp3) is 0.235. The largest absolute Gasteiger partial charge is 0.457 e. The van der Waals surface area contributed by atoms with Crippen molar-refractivity contribution in [2.45, 2.75) is 26.7 Å². The van der Waals surface area contributed by atoms with Gasteiger partial charge in [0.25, 0.3) is 0 Å². The predicted octanol–water partition coefficient (Wildman–Crippen LogP) is 4.54. The normalized spacial score (nSPS) is 10.6. The maximum atomic E-state index is 5.84. The molecule has 0 unspecified atom stereocenters. The van der Waals surface area contributed by atoms with Crippen LogP contribution in [0, 0.1) is 6.92 Å². The van der Waals surface area contributed by atoms with Gasteiger partial charge in [-0.25, -0.2) is 0 Å². The molecule has 0 fully saturated rings. The van der Waals surface area contributed by atoms with Crippen LogP contribution in [0.5, 0.6) is 11.5 Å². The molecule has 0 bridgehead atoms. The molecule has 0 aliphatic heterocycles. The van der Waals surface area contributed by atoms with E-state index in [0.29, 0.717) is 10.9 Å². The molecule has 2 aromatic carbocycles. The Balaban J connectivity index is 2.17. The number of hydrogen-bond donors (Lipinski definition) is 1. The highest BCUT2D eigenvalue weighted by molar-refractivity contribution is 7.80. The third-order valence-corrected chi connectivity index (χ3v) is 3.47. The van der Waals surface area contributed by atoms with Gasteiger partial charge in [0.1, 0.15) is 16.5 Å². The van der Waals surface area contributed by atoms with Gasteiger partial charge in [-0.3, -0.25) is 0 Å². The van der Waals surface area contributed by atoms with Gasteiger partial charge in [-0.15, -0.1) is 0 Å². The van der Waals surface area contributed by atoms with Gasteiger partial charge in [0, 0.05) is 5.56 Å². The molecule has 0 aliphatic rings. The van der Waals surface area contributed by atoms with E-state index in [9.17, 15) is 0 Å². The maximum Gasteiger partial charge on any atom is 0.127 e. The van der Waals surface area contributed by atoms with Crippen LogP contribution in [0.3, 0.4) is 0 Å². The lowest BCUT2D eigenvalue weighted by Crippen LogP contribution is -2.08. The molecular weight excluding hydrogens is 266 g/mol. The third-order valence-electron chi connectivity index (χ3n) is 3.24. The Labute approximate surface area is 125 Å². The molecule has 0 aliphatic carbocycles. The van der Waals surface area contributed by atoms with E-state index in [4.69, 9.17) is 22.7 Å². The first-order valence-electron chi connectivity index (χ1n) is 6.65. The molecule has 0 atom stereocenters. The molecule has 0 saturated carbocycles. The minimum absolute atomic E-state index is 0.397. The Morgan fingerprint density at radius 1 is 1.05 bits per heavy atom. The number of rotatable bonds is 4. The summed E-state index contributed by atoms with van der Waals surface area (Å²) >= 11 is 4.93. The topological polar surface area (TPSA) is 35.2 Å². The van der Waals surface area contributed by atoms with Crippen molar-refractivity contribution in [3.05, 3.63) is 59.2 Å². The molecule has 0 aromatic heterocycles. The first-order chi connectivity index (χ1) is 9.47. The number of thiocarbonyl (C=S) groups is 1. The summed E-state index contributed by atoms with van der Waals surface area (Å²) in [6.45, 7) is 6.49. The van der Waals surface area contributed by atoms with Gasteiger partial charge in [0.2, 0.25) is 0 Å². The lowest BCUT2D eigenvalue weighted by molar-refractivity contribution is 0.482. The molecule has 0 amide bonds. The Morgan fingerprint density at radius 3 is 2.15 bits per heavy atom. The van der Waals surface area contributed by atoms with Crippen molar-refractivity contribution in [2.75, 3.05) is 0 Å². The third kappa shape index (κ3) is 3.36. The molecule has 2 N–H and O–H groups in total. The first-order valence-corrected chi connectivity index (χ1v) is 7.06. The number of nitrogens with two attached hydrogens (primary N) is 1. The summed E-state index contributed by atoms with van der Waals surface area (Å²) in [7, 11) is 0. The zero-order valence-corrected chi connectivity index (χ0v) is 12.8. The monoisotopic (exact) mass is 285 g/mol. The molecule has 0 radical (unpaired) electrons. The van der Waals surface area contributed by atoms with Crippen LogP contribution >= 0.6 is 12.2 Å². The molecule has 0 saturated heterocycles. The number of benzene rings is 2. The second-order valence-electron chi connectivity index (χ2n) is 5.16. The average Bonchev–Trinajstić information content (AvgIpc) is 2.39. The highest BCUT2D eigenvalue weighted by atomic mass is 32.1. The summed E-state index contributed by atoms with van der Waals surface area (Å²) in [6, 6.07) is 13.7. The minimum Gasteiger partial charge on any atom is -0.457 e. The maximum absolute atomic E-state index is 5.84. The molecule has 2 nitrogen and oxygen atoms in total. The summed E-state index contributed by atoms with van der Waals surface area (Å²) in [4.78, 5) is 0.397. The van der Waals surface area contributed by atoms with Crippen molar-refractivity contribution >= 4 is 17.2 Å². The zero-order chi connectivity index (χ0) is 14.7. The molecule has 2 aromatic rings. The highest BCUT2D eigenvalue weighted by Gasteiger charge is 2.05. The molecule has 20 heavy (non-hydrogen) atoms. The van der Waals surface area contributed by atoms with E-state index in [1.54, 1.807) is 0 Å². The molecule has 104 valence electrons. The van der Waals surface area contributed by atoms with Crippen molar-refractivity contribution in [2.24, 2.45) is 5.73 Å². The van der Waals surface area contributed by atoms with Crippen LogP contribution in [0.4, 0.5) is 0 Å². The Hall–Kier alpha value is -1.87. The van der Waals surface area contributed by atoms with Crippen LogP contribution in [0.25, 0.3) is 0 Å². The van der Waals surface area contributed by atoms with E-state index in [0.717, 1.165) is 17.1 Å². The fourth-order valence-electron chi connectivity index (χ4n) is 2.18. The smallest absolute Gasteiger partial charge is 0.127 e. The Morgan fingerprint density at radius 2 is 1.65 bits per heavy atom. The summed E-state index contributed by atoms with van der Waals surface area (Å²) in [5.41, 5.74) is 9.01. The average molecular weight is 285 g/mol. The SMILES string of the molecule is Cc1cc(Oc2ccc(C(N)=S)cc2)ccc1C(C)C.